The number of hydrogen-bond acceptors (Lipinski definition) is 3. The highest BCUT2D eigenvalue weighted by molar-refractivity contribution is 5.88. The monoisotopic (exact) mass is 331 g/mol. The second kappa shape index (κ2) is 7.97. The molecule has 2 fully saturated rings. The summed E-state index contributed by atoms with van der Waals surface area (Å²) in [7, 11) is 0. The molecule has 1 amide bonds. The van der Waals surface area contributed by atoms with Crippen molar-refractivity contribution in [1.29, 1.82) is 0 Å². The van der Waals surface area contributed by atoms with Gasteiger partial charge in [0.2, 0.25) is 5.91 Å². The number of aryl methyl sites for hydroxylation is 1. The van der Waals surface area contributed by atoms with Crippen LogP contribution in [-0.4, -0.2) is 28.8 Å². The van der Waals surface area contributed by atoms with Crippen LogP contribution < -0.4 is 5.32 Å². The molecule has 2 heterocycles. The van der Waals surface area contributed by atoms with E-state index in [4.69, 9.17) is 4.74 Å². The maximum absolute atomic E-state index is 12.2. The Hall–Kier alpha value is -1.62. The summed E-state index contributed by atoms with van der Waals surface area (Å²) in [5, 5.41) is 7.42. The lowest BCUT2D eigenvalue weighted by atomic mass is 9.87. The number of hydrogen-bond donors (Lipinski definition) is 1. The van der Waals surface area contributed by atoms with E-state index in [0.29, 0.717) is 12.5 Å². The number of amides is 1. The van der Waals surface area contributed by atoms with Crippen molar-refractivity contribution < 1.29 is 9.53 Å². The van der Waals surface area contributed by atoms with Crippen LogP contribution in [-0.2, 0) is 16.1 Å². The Morgan fingerprint density at radius 2 is 2.21 bits per heavy atom. The van der Waals surface area contributed by atoms with E-state index in [1.165, 1.54) is 18.4 Å². The van der Waals surface area contributed by atoms with Gasteiger partial charge in [-0.15, -0.1) is 0 Å². The lowest BCUT2D eigenvalue weighted by molar-refractivity contribution is -0.116. The molecule has 0 unspecified atom stereocenters. The minimum Gasteiger partial charge on any atom is -0.372 e. The maximum atomic E-state index is 12.2. The average Bonchev–Trinajstić information content (AvgIpc) is 3.23. The number of allylic oxidation sites excluding steroid dienone is 1. The fraction of sp³-hybridized carbons (Fsp3) is 0.684. The Balaban J connectivity index is 1.54. The van der Waals surface area contributed by atoms with Gasteiger partial charge in [0.1, 0.15) is 6.10 Å². The Morgan fingerprint density at radius 3 is 2.96 bits per heavy atom. The summed E-state index contributed by atoms with van der Waals surface area (Å²) in [5.74, 6) is 1.17. The highest BCUT2D eigenvalue weighted by Crippen LogP contribution is 2.34. The Labute approximate surface area is 144 Å². The summed E-state index contributed by atoms with van der Waals surface area (Å²) < 4.78 is 7.90. The van der Waals surface area contributed by atoms with E-state index in [-0.39, 0.29) is 12.0 Å². The van der Waals surface area contributed by atoms with E-state index in [2.05, 4.69) is 24.3 Å². The van der Waals surface area contributed by atoms with Gasteiger partial charge in [-0.25, -0.2) is 0 Å². The molecule has 1 aliphatic carbocycles. The maximum Gasteiger partial charge on any atom is 0.243 e. The van der Waals surface area contributed by atoms with Crippen molar-refractivity contribution in [3.05, 3.63) is 29.6 Å². The van der Waals surface area contributed by atoms with E-state index in [0.717, 1.165) is 44.0 Å². The van der Waals surface area contributed by atoms with Gasteiger partial charge < -0.3 is 10.1 Å². The number of nitrogens with one attached hydrogen (secondary N) is 1. The van der Waals surface area contributed by atoms with Crippen LogP contribution in [0, 0.1) is 11.8 Å². The van der Waals surface area contributed by atoms with Crippen LogP contribution in [0.15, 0.2) is 23.9 Å². The molecular weight excluding hydrogens is 302 g/mol. The Kier molecular flexibility index (Phi) is 5.72. The van der Waals surface area contributed by atoms with Crippen molar-refractivity contribution in [3.63, 3.8) is 0 Å². The number of ether oxygens (including phenoxy) is 1. The van der Waals surface area contributed by atoms with Crippen molar-refractivity contribution in [2.24, 2.45) is 11.8 Å². The van der Waals surface area contributed by atoms with Crippen molar-refractivity contribution >= 4 is 5.91 Å². The molecule has 1 aromatic heterocycles. The quantitative estimate of drug-likeness (QED) is 0.843. The minimum absolute atomic E-state index is 0.0379. The van der Waals surface area contributed by atoms with Crippen LogP contribution in [0.1, 0.15) is 57.7 Å². The average molecular weight is 331 g/mol. The molecule has 1 aliphatic heterocycles. The molecule has 1 N–H and O–H groups in total. The molecule has 3 rings (SSSR count). The third kappa shape index (κ3) is 4.07. The molecule has 5 nitrogen and oxygen atoms in total. The fourth-order valence-corrected chi connectivity index (χ4v) is 3.76. The molecule has 0 spiro atoms. The number of carbonyl (C=O) groups is 1. The normalized spacial score (nSPS) is 27.2. The van der Waals surface area contributed by atoms with E-state index in [9.17, 15) is 4.79 Å². The van der Waals surface area contributed by atoms with Gasteiger partial charge in [0, 0.05) is 37.9 Å². The topological polar surface area (TPSA) is 56.1 Å². The SMILES string of the molecule is CCn1nccc1[C@@H]1OCC[C@H]1CNC(=O)C=C1CCC(C)CC1. The first-order chi connectivity index (χ1) is 11.7. The zero-order chi connectivity index (χ0) is 16.9. The Bertz CT molecular complexity index is 583. The molecule has 132 valence electrons. The van der Waals surface area contributed by atoms with Crippen LogP contribution in [0.3, 0.4) is 0 Å². The summed E-state index contributed by atoms with van der Waals surface area (Å²) in [6.45, 7) is 6.63. The van der Waals surface area contributed by atoms with Crippen LogP contribution in [0.4, 0.5) is 0 Å². The van der Waals surface area contributed by atoms with Gasteiger partial charge in [0.05, 0.1) is 5.69 Å². The lowest BCUT2D eigenvalue weighted by Gasteiger charge is -2.21. The van der Waals surface area contributed by atoms with Crippen molar-refractivity contribution in [2.45, 2.75) is 58.6 Å². The first-order valence-electron chi connectivity index (χ1n) is 9.28. The first-order valence-corrected chi connectivity index (χ1v) is 9.28. The second-order valence-corrected chi connectivity index (χ2v) is 7.14. The smallest absolute Gasteiger partial charge is 0.243 e. The molecule has 5 heteroatoms. The number of carbonyl (C=O) groups excluding carboxylic acids is 1. The molecule has 1 saturated carbocycles. The molecule has 2 atom stereocenters. The predicted molar refractivity (Wildman–Crippen MR) is 93.4 cm³/mol. The number of rotatable bonds is 5. The second-order valence-electron chi connectivity index (χ2n) is 7.14. The highest BCUT2D eigenvalue weighted by atomic mass is 16.5. The van der Waals surface area contributed by atoms with E-state index in [1.807, 2.05) is 23.0 Å². The van der Waals surface area contributed by atoms with Gasteiger partial charge in [-0.2, -0.15) is 5.10 Å². The van der Waals surface area contributed by atoms with Gasteiger partial charge in [-0.1, -0.05) is 12.5 Å². The molecule has 1 aromatic rings. The summed E-state index contributed by atoms with van der Waals surface area (Å²) in [6, 6.07) is 2.03. The zero-order valence-electron chi connectivity index (χ0n) is 14.8. The van der Waals surface area contributed by atoms with E-state index < -0.39 is 0 Å². The minimum atomic E-state index is 0.0379. The van der Waals surface area contributed by atoms with E-state index in [1.54, 1.807) is 0 Å². The van der Waals surface area contributed by atoms with Gasteiger partial charge in [0.25, 0.3) is 0 Å². The van der Waals surface area contributed by atoms with Crippen molar-refractivity contribution in [1.82, 2.24) is 15.1 Å². The lowest BCUT2D eigenvalue weighted by Crippen LogP contribution is -2.30. The van der Waals surface area contributed by atoms with Crippen LogP contribution in [0.5, 0.6) is 0 Å². The van der Waals surface area contributed by atoms with E-state index >= 15 is 0 Å². The molecule has 0 radical (unpaired) electrons. The highest BCUT2D eigenvalue weighted by Gasteiger charge is 2.32. The fourth-order valence-electron chi connectivity index (χ4n) is 3.76. The third-order valence-corrected chi connectivity index (χ3v) is 5.34. The largest absolute Gasteiger partial charge is 0.372 e. The molecular formula is C19H29N3O2. The van der Waals surface area contributed by atoms with Gasteiger partial charge >= 0.3 is 0 Å². The molecule has 24 heavy (non-hydrogen) atoms. The van der Waals surface area contributed by atoms with Gasteiger partial charge in [-0.3, -0.25) is 9.48 Å². The van der Waals surface area contributed by atoms with Gasteiger partial charge in [0.15, 0.2) is 0 Å². The van der Waals surface area contributed by atoms with Crippen molar-refractivity contribution in [2.75, 3.05) is 13.2 Å². The first kappa shape index (κ1) is 17.2. The van der Waals surface area contributed by atoms with Crippen LogP contribution in [0.25, 0.3) is 0 Å². The predicted octanol–water partition coefficient (Wildman–Crippen LogP) is 3.23. The Morgan fingerprint density at radius 1 is 1.42 bits per heavy atom. The summed E-state index contributed by atoms with van der Waals surface area (Å²) in [6.07, 6.45) is 9.22. The standard InChI is InChI=1S/C19H29N3O2/c1-3-22-17(8-10-21-22)19-16(9-11-24-19)13-20-18(23)12-15-6-4-14(2)5-7-15/h8,10,12,14,16,19H,3-7,9,11,13H2,1-2H3,(H,20,23)/t14?,16-,19+/m0/s1. The molecule has 1 saturated heterocycles. The summed E-state index contributed by atoms with van der Waals surface area (Å²) in [4.78, 5) is 12.2. The molecule has 0 aromatic carbocycles. The van der Waals surface area contributed by atoms with Crippen LogP contribution >= 0.6 is 0 Å². The molecule has 0 bridgehead atoms. The molecule has 2 aliphatic rings. The third-order valence-electron chi connectivity index (χ3n) is 5.34. The summed E-state index contributed by atoms with van der Waals surface area (Å²) >= 11 is 0. The summed E-state index contributed by atoms with van der Waals surface area (Å²) in [5.41, 5.74) is 2.42. The number of nitrogens with zero attached hydrogens (tertiary/aromatic N) is 2. The van der Waals surface area contributed by atoms with Crippen molar-refractivity contribution in [3.8, 4) is 0 Å². The van der Waals surface area contributed by atoms with Gasteiger partial charge in [-0.05, 0) is 51.0 Å². The zero-order valence-corrected chi connectivity index (χ0v) is 14.8. The number of aromatic nitrogens is 2. The van der Waals surface area contributed by atoms with Crippen LogP contribution in [0.2, 0.25) is 0 Å².